The highest BCUT2D eigenvalue weighted by Crippen LogP contribution is 2.29. The summed E-state index contributed by atoms with van der Waals surface area (Å²) in [6.45, 7) is 5.23. The molecule has 1 N–H and O–H groups in total. The summed E-state index contributed by atoms with van der Waals surface area (Å²) >= 11 is 1.75. The van der Waals surface area contributed by atoms with Crippen LogP contribution in [0.4, 0.5) is 4.79 Å². The molecule has 110 valence electrons. The van der Waals surface area contributed by atoms with Crippen LogP contribution in [0.25, 0.3) is 0 Å². The van der Waals surface area contributed by atoms with E-state index >= 15 is 0 Å². The van der Waals surface area contributed by atoms with Crippen molar-refractivity contribution < 1.29 is 9.53 Å². The number of urea groups is 1. The summed E-state index contributed by atoms with van der Waals surface area (Å²) in [6, 6.07) is 4.74. The van der Waals surface area contributed by atoms with Crippen molar-refractivity contribution in [2.45, 2.75) is 38.8 Å². The summed E-state index contributed by atoms with van der Waals surface area (Å²) in [6.07, 6.45) is 3.39. The van der Waals surface area contributed by atoms with E-state index in [1.165, 1.54) is 9.75 Å². The molecule has 5 heteroatoms. The van der Waals surface area contributed by atoms with Gasteiger partial charge in [0.25, 0.3) is 0 Å². The normalized spacial score (nSPS) is 21.9. The fourth-order valence-corrected chi connectivity index (χ4v) is 3.46. The third-order valence-electron chi connectivity index (χ3n) is 3.94. The van der Waals surface area contributed by atoms with E-state index in [-0.39, 0.29) is 6.03 Å². The maximum absolute atomic E-state index is 12.4. The van der Waals surface area contributed by atoms with Gasteiger partial charge in [0.05, 0.1) is 13.2 Å². The molecule has 1 saturated heterocycles. The topological polar surface area (TPSA) is 41.6 Å². The number of thiophene rings is 1. The lowest BCUT2D eigenvalue weighted by atomic mass is 10.1. The SMILES string of the molecule is Cc1ccc(CNC(=O)N(CC2CCOC2)C2CC2)s1. The fraction of sp³-hybridized carbons (Fsp3) is 0.667. The van der Waals surface area contributed by atoms with Crippen LogP contribution in [0.1, 0.15) is 29.0 Å². The maximum Gasteiger partial charge on any atom is 0.317 e. The molecule has 1 saturated carbocycles. The second kappa shape index (κ2) is 6.14. The van der Waals surface area contributed by atoms with E-state index in [1.54, 1.807) is 11.3 Å². The van der Waals surface area contributed by atoms with Crippen molar-refractivity contribution in [1.29, 1.82) is 0 Å². The molecule has 2 amide bonds. The van der Waals surface area contributed by atoms with Gasteiger partial charge in [-0.05, 0) is 38.3 Å². The monoisotopic (exact) mass is 294 g/mol. The number of ether oxygens (including phenoxy) is 1. The Balaban J connectivity index is 1.52. The number of nitrogens with zero attached hydrogens (tertiary/aromatic N) is 1. The van der Waals surface area contributed by atoms with Crippen LogP contribution in [0.3, 0.4) is 0 Å². The van der Waals surface area contributed by atoms with Crippen molar-refractivity contribution >= 4 is 17.4 Å². The second-order valence-corrected chi connectivity index (χ2v) is 7.16. The van der Waals surface area contributed by atoms with Gasteiger partial charge >= 0.3 is 6.03 Å². The van der Waals surface area contributed by atoms with Gasteiger partial charge in [0, 0.05) is 34.9 Å². The first-order valence-electron chi connectivity index (χ1n) is 7.40. The summed E-state index contributed by atoms with van der Waals surface area (Å²) in [4.78, 5) is 16.9. The van der Waals surface area contributed by atoms with Crippen LogP contribution in [0.2, 0.25) is 0 Å². The zero-order valence-corrected chi connectivity index (χ0v) is 12.7. The van der Waals surface area contributed by atoms with Gasteiger partial charge in [0.15, 0.2) is 0 Å². The molecule has 1 aromatic rings. The lowest BCUT2D eigenvalue weighted by Gasteiger charge is -2.25. The van der Waals surface area contributed by atoms with E-state index < -0.39 is 0 Å². The standard InChI is InChI=1S/C15H22N2O2S/c1-11-2-5-14(20-11)8-16-15(18)17(13-3-4-13)9-12-6-7-19-10-12/h2,5,12-13H,3-4,6-10H2,1H3,(H,16,18). The van der Waals surface area contributed by atoms with Crippen LogP contribution in [0.15, 0.2) is 12.1 Å². The van der Waals surface area contributed by atoms with Crippen molar-refractivity contribution in [2.24, 2.45) is 5.92 Å². The molecule has 1 aliphatic carbocycles. The number of hydrogen-bond donors (Lipinski definition) is 1. The van der Waals surface area contributed by atoms with Crippen LogP contribution in [-0.4, -0.2) is 36.7 Å². The van der Waals surface area contributed by atoms with E-state index in [4.69, 9.17) is 4.74 Å². The van der Waals surface area contributed by atoms with Gasteiger partial charge in [-0.2, -0.15) is 0 Å². The molecular weight excluding hydrogens is 272 g/mol. The second-order valence-electron chi connectivity index (χ2n) is 5.78. The highest BCUT2D eigenvalue weighted by Gasteiger charge is 2.34. The molecule has 3 rings (SSSR count). The van der Waals surface area contributed by atoms with Gasteiger partial charge in [0.1, 0.15) is 0 Å². The molecule has 0 bridgehead atoms. The van der Waals surface area contributed by atoms with E-state index in [9.17, 15) is 4.79 Å². The van der Waals surface area contributed by atoms with Crippen molar-refractivity contribution in [3.8, 4) is 0 Å². The van der Waals surface area contributed by atoms with Crippen LogP contribution in [0, 0.1) is 12.8 Å². The molecule has 2 fully saturated rings. The predicted molar refractivity (Wildman–Crippen MR) is 79.9 cm³/mol. The lowest BCUT2D eigenvalue weighted by Crippen LogP contribution is -2.43. The maximum atomic E-state index is 12.4. The first-order chi connectivity index (χ1) is 9.72. The molecule has 0 spiro atoms. The van der Waals surface area contributed by atoms with E-state index in [0.29, 0.717) is 18.5 Å². The number of nitrogens with one attached hydrogen (secondary N) is 1. The Bertz CT molecular complexity index is 464. The zero-order valence-electron chi connectivity index (χ0n) is 11.9. The molecule has 20 heavy (non-hydrogen) atoms. The summed E-state index contributed by atoms with van der Waals surface area (Å²) in [7, 11) is 0. The molecule has 0 aromatic carbocycles. The third-order valence-corrected chi connectivity index (χ3v) is 4.94. The molecule has 4 nitrogen and oxygen atoms in total. The molecule has 2 aliphatic rings. The number of rotatable bonds is 5. The Morgan fingerprint density at radius 3 is 2.90 bits per heavy atom. The average Bonchev–Trinajstić information content (AvgIpc) is 2.97. The fourth-order valence-electron chi connectivity index (χ4n) is 2.63. The molecule has 1 aromatic heterocycles. The summed E-state index contributed by atoms with van der Waals surface area (Å²) < 4.78 is 5.41. The number of hydrogen-bond acceptors (Lipinski definition) is 3. The van der Waals surface area contributed by atoms with Crippen LogP contribution < -0.4 is 5.32 Å². The third kappa shape index (κ3) is 3.52. The van der Waals surface area contributed by atoms with Gasteiger partial charge < -0.3 is 15.0 Å². The van der Waals surface area contributed by atoms with E-state index in [0.717, 1.165) is 39.0 Å². The predicted octanol–water partition coefficient (Wildman–Crippen LogP) is 2.77. The molecule has 0 radical (unpaired) electrons. The first-order valence-corrected chi connectivity index (χ1v) is 8.21. The Labute approximate surface area is 124 Å². The van der Waals surface area contributed by atoms with Crippen molar-refractivity contribution in [2.75, 3.05) is 19.8 Å². The lowest BCUT2D eigenvalue weighted by molar-refractivity contribution is 0.162. The highest BCUT2D eigenvalue weighted by molar-refractivity contribution is 7.11. The highest BCUT2D eigenvalue weighted by atomic mass is 32.1. The smallest absolute Gasteiger partial charge is 0.317 e. The van der Waals surface area contributed by atoms with Crippen LogP contribution in [0.5, 0.6) is 0 Å². The quantitative estimate of drug-likeness (QED) is 0.907. The largest absolute Gasteiger partial charge is 0.381 e. The first kappa shape index (κ1) is 13.9. The van der Waals surface area contributed by atoms with E-state index in [2.05, 4.69) is 24.4 Å². The Kier molecular flexibility index (Phi) is 4.27. The molecule has 2 heterocycles. The minimum absolute atomic E-state index is 0.0884. The Morgan fingerprint density at radius 2 is 2.30 bits per heavy atom. The zero-order chi connectivity index (χ0) is 13.9. The summed E-state index contributed by atoms with van der Waals surface area (Å²) in [5.41, 5.74) is 0. The van der Waals surface area contributed by atoms with Crippen molar-refractivity contribution in [3.05, 3.63) is 21.9 Å². The minimum Gasteiger partial charge on any atom is -0.381 e. The number of carbonyl (C=O) groups excluding carboxylic acids is 1. The van der Waals surface area contributed by atoms with Gasteiger partial charge in [-0.25, -0.2) is 4.79 Å². The molecule has 1 unspecified atom stereocenters. The Hall–Kier alpha value is -1.07. The number of amides is 2. The molecule has 1 aliphatic heterocycles. The van der Waals surface area contributed by atoms with Gasteiger partial charge in [0.2, 0.25) is 0 Å². The van der Waals surface area contributed by atoms with Gasteiger partial charge in [-0.15, -0.1) is 11.3 Å². The summed E-state index contributed by atoms with van der Waals surface area (Å²) in [5.74, 6) is 0.519. The van der Waals surface area contributed by atoms with Crippen LogP contribution in [-0.2, 0) is 11.3 Å². The number of carbonyl (C=O) groups is 1. The minimum atomic E-state index is 0.0884. The Morgan fingerprint density at radius 1 is 1.45 bits per heavy atom. The van der Waals surface area contributed by atoms with Crippen LogP contribution >= 0.6 is 11.3 Å². The summed E-state index contributed by atoms with van der Waals surface area (Å²) in [5, 5.41) is 3.06. The van der Waals surface area contributed by atoms with Crippen molar-refractivity contribution in [1.82, 2.24) is 10.2 Å². The molecule has 1 atom stereocenters. The van der Waals surface area contributed by atoms with Gasteiger partial charge in [-0.3, -0.25) is 0 Å². The van der Waals surface area contributed by atoms with E-state index in [1.807, 2.05) is 4.90 Å². The van der Waals surface area contributed by atoms with Crippen molar-refractivity contribution in [3.63, 3.8) is 0 Å². The number of aryl methyl sites for hydroxylation is 1. The van der Waals surface area contributed by atoms with Gasteiger partial charge in [-0.1, -0.05) is 0 Å². The average molecular weight is 294 g/mol. The molecular formula is C15H22N2O2S.